The quantitative estimate of drug-likeness (QED) is 0.299. The van der Waals surface area contributed by atoms with Gasteiger partial charge in [-0.15, -0.1) is 0 Å². The lowest BCUT2D eigenvalue weighted by Crippen LogP contribution is -2.43. The lowest BCUT2D eigenvalue weighted by Gasteiger charge is -2.36. The fourth-order valence-corrected chi connectivity index (χ4v) is 3.34. The van der Waals surface area contributed by atoms with Crippen molar-refractivity contribution in [3.63, 3.8) is 0 Å². The minimum absolute atomic E-state index is 0.0204. The molecule has 4 nitrogen and oxygen atoms in total. The van der Waals surface area contributed by atoms with Crippen molar-refractivity contribution in [3.8, 4) is 5.75 Å². The van der Waals surface area contributed by atoms with E-state index < -0.39 is 22.6 Å². The highest BCUT2D eigenvalue weighted by molar-refractivity contribution is 6.74. The third-order valence-corrected chi connectivity index (χ3v) is 14.5. The third-order valence-electron chi connectivity index (χ3n) is 6.03. The molecule has 1 rings (SSSR count). The molecule has 0 bridgehead atoms. The van der Waals surface area contributed by atoms with Crippen molar-refractivity contribution in [2.45, 2.75) is 90.6 Å². The molecule has 0 saturated carbocycles. The minimum Gasteiger partial charge on any atom is -0.543 e. The van der Waals surface area contributed by atoms with Crippen molar-refractivity contribution in [2.24, 2.45) is 0 Å². The summed E-state index contributed by atoms with van der Waals surface area (Å²) in [5.74, 6) is 0.0195. The second kappa shape index (κ2) is 8.09. The van der Waals surface area contributed by atoms with Crippen molar-refractivity contribution < 1.29 is 18.7 Å². The average Bonchev–Trinajstić information content (AvgIpc) is 2.49. The number of carbonyl (C=O) groups excluding carboxylic acids is 1. The van der Waals surface area contributed by atoms with Crippen molar-refractivity contribution in [1.82, 2.24) is 0 Å². The van der Waals surface area contributed by atoms with Crippen LogP contribution in [0.4, 0.5) is 0 Å². The molecule has 0 aliphatic carbocycles. The van der Waals surface area contributed by atoms with Gasteiger partial charge in [0.05, 0.1) is 5.92 Å². The van der Waals surface area contributed by atoms with Gasteiger partial charge in [0.2, 0.25) is 8.32 Å². The molecule has 0 aliphatic heterocycles. The fraction of sp³-hybridized carbons (Fsp3) is 0.667. The maximum atomic E-state index is 12.5. The molecule has 0 saturated heterocycles. The number of rotatable bonds is 6. The van der Waals surface area contributed by atoms with E-state index in [-0.39, 0.29) is 16.0 Å². The number of hydrogen-bond acceptors (Lipinski definition) is 4. The predicted octanol–water partition coefficient (Wildman–Crippen LogP) is 6.65. The van der Waals surface area contributed by atoms with Crippen LogP contribution in [0.5, 0.6) is 5.75 Å². The van der Waals surface area contributed by atoms with Crippen molar-refractivity contribution in [3.05, 3.63) is 29.8 Å². The zero-order valence-corrected chi connectivity index (χ0v) is 21.0. The summed E-state index contributed by atoms with van der Waals surface area (Å²) in [6, 6.07) is 7.75. The lowest BCUT2D eigenvalue weighted by atomic mass is 10.0. The van der Waals surface area contributed by atoms with Crippen LogP contribution in [0.15, 0.2) is 24.3 Å². The smallest absolute Gasteiger partial charge is 0.348 e. The standard InChI is InChI=1S/C21H38O4Si2/c1-16(19(22)23-25-27(10,11)21(5,6)7)17-13-12-14-18(15-17)24-26(8,9)20(2,3)4/h12-16H,1-11H3. The molecule has 0 spiro atoms. The molecule has 1 unspecified atom stereocenters. The summed E-state index contributed by atoms with van der Waals surface area (Å²) in [6.45, 7) is 23.3. The van der Waals surface area contributed by atoms with Crippen LogP contribution in [0.25, 0.3) is 0 Å². The summed E-state index contributed by atoms with van der Waals surface area (Å²) in [4.78, 5) is 17.8. The normalized spacial score (nSPS) is 14.6. The molecule has 0 aromatic heterocycles. The van der Waals surface area contributed by atoms with Gasteiger partial charge in [-0.1, -0.05) is 53.7 Å². The van der Waals surface area contributed by atoms with Crippen LogP contribution in [0, 0.1) is 0 Å². The van der Waals surface area contributed by atoms with Gasteiger partial charge in [0.25, 0.3) is 8.32 Å². The molecule has 6 heteroatoms. The lowest BCUT2D eigenvalue weighted by molar-refractivity contribution is -0.223. The Labute approximate surface area is 167 Å². The number of hydrogen-bond donors (Lipinski definition) is 0. The largest absolute Gasteiger partial charge is 0.543 e. The van der Waals surface area contributed by atoms with Gasteiger partial charge >= 0.3 is 5.97 Å². The first-order valence-electron chi connectivity index (χ1n) is 9.66. The summed E-state index contributed by atoms with van der Waals surface area (Å²) in [5.41, 5.74) is 0.870. The molecular formula is C21H38O4Si2. The highest BCUT2D eigenvalue weighted by atomic mass is 28.4. The van der Waals surface area contributed by atoms with E-state index in [0.29, 0.717) is 0 Å². The summed E-state index contributed by atoms with van der Waals surface area (Å²) in [7, 11) is -4.07. The predicted molar refractivity (Wildman–Crippen MR) is 117 cm³/mol. The molecule has 0 aliphatic rings. The van der Waals surface area contributed by atoms with Gasteiger partial charge < -0.3 is 9.31 Å². The Kier molecular flexibility index (Phi) is 7.17. The maximum absolute atomic E-state index is 12.5. The summed E-state index contributed by atoms with van der Waals surface area (Å²) in [6.07, 6.45) is 0. The number of carbonyl (C=O) groups is 1. The van der Waals surface area contributed by atoms with Crippen molar-refractivity contribution in [1.29, 1.82) is 0 Å². The maximum Gasteiger partial charge on any atom is 0.348 e. The minimum atomic E-state index is -2.14. The highest BCUT2D eigenvalue weighted by Gasteiger charge is 2.41. The second-order valence-corrected chi connectivity index (χ2v) is 19.8. The van der Waals surface area contributed by atoms with Crippen LogP contribution < -0.4 is 4.43 Å². The first kappa shape index (κ1) is 23.9. The van der Waals surface area contributed by atoms with Crippen LogP contribution in [0.1, 0.15) is 59.9 Å². The first-order chi connectivity index (χ1) is 12.0. The van der Waals surface area contributed by atoms with Gasteiger partial charge in [-0.2, -0.15) is 0 Å². The van der Waals surface area contributed by atoms with E-state index in [1.807, 2.05) is 31.2 Å². The van der Waals surface area contributed by atoms with Crippen molar-refractivity contribution in [2.75, 3.05) is 0 Å². The van der Waals surface area contributed by atoms with E-state index >= 15 is 0 Å². The van der Waals surface area contributed by atoms with Gasteiger partial charge in [-0.05, 0) is 60.9 Å². The molecule has 1 atom stereocenters. The summed E-state index contributed by atoms with van der Waals surface area (Å²) < 4.78 is 12.0. The molecule has 0 fully saturated rings. The fourth-order valence-electron chi connectivity index (χ4n) is 1.77. The molecule has 154 valence electrons. The Hall–Kier alpha value is -1.12. The Morgan fingerprint density at radius 2 is 1.44 bits per heavy atom. The molecule has 0 heterocycles. The summed E-state index contributed by atoms with van der Waals surface area (Å²) in [5, 5.41) is 0.0952. The van der Waals surface area contributed by atoms with Crippen LogP contribution in [0.2, 0.25) is 36.3 Å². The van der Waals surface area contributed by atoms with E-state index in [1.165, 1.54) is 0 Å². The summed E-state index contributed by atoms with van der Waals surface area (Å²) >= 11 is 0. The van der Waals surface area contributed by atoms with Crippen LogP contribution >= 0.6 is 0 Å². The molecule has 1 aromatic carbocycles. The topological polar surface area (TPSA) is 44.8 Å². The first-order valence-corrected chi connectivity index (χ1v) is 15.5. The Balaban J connectivity index is 2.87. The van der Waals surface area contributed by atoms with Crippen molar-refractivity contribution >= 4 is 22.6 Å². The average molecular weight is 411 g/mol. The van der Waals surface area contributed by atoms with E-state index in [9.17, 15) is 4.79 Å². The van der Waals surface area contributed by atoms with Gasteiger partial charge in [-0.3, -0.25) is 0 Å². The van der Waals surface area contributed by atoms with E-state index in [0.717, 1.165) is 11.3 Å². The molecule has 27 heavy (non-hydrogen) atoms. The SMILES string of the molecule is CC(C(=O)OO[Si](C)(C)C(C)(C)C)c1cccc(O[Si](C)(C)C(C)(C)C)c1. The van der Waals surface area contributed by atoms with Crippen LogP contribution in [0.3, 0.4) is 0 Å². The van der Waals surface area contributed by atoms with Crippen LogP contribution in [-0.2, 0) is 14.3 Å². The van der Waals surface area contributed by atoms with Gasteiger partial charge in [0, 0.05) is 0 Å². The third kappa shape index (κ3) is 6.19. The molecule has 1 aromatic rings. The Bertz CT molecular complexity index is 655. The van der Waals surface area contributed by atoms with Crippen LogP contribution in [-0.4, -0.2) is 22.6 Å². The molecule has 0 N–H and O–H groups in total. The zero-order valence-electron chi connectivity index (χ0n) is 19.0. The van der Waals surface area contributed by atoms with E-state index in [2.05, 4.69) is 67.7 Å². The van der Waals surface area contributed by atoms with E-state index in [4.69, 9.17) is 13.9 Å². The van der Waals surface area contributed by atoms with Gasteiger partial charge in [0.1, 0.15) is 5.75 Å². The Morgan fingerprint density at radius 3 is 1.93 bits per heavy atom. The molecule has 0 radical (unpaired) electrons. The van der Waals surface area contributed by atoms with E-state index in [1.54, 1.807) is 0 Å². The second-order valence-electron chi connectivity index (χ2n) is 10.4. The molecule has 0 amide bonds. The number of benzene rings is 1. The van der Waals surface area contributed by atoms with Gasteiger partial charge in [0.15, 0.2) is 0 Å². The monoisotopic (exact) mass is 410 g/mol. The zero-order chi connectivity index (χ0) is 21.3. The Morgan fingerprint density at radius 1 is 0.926 bits per heavy atom. The molecular weight excluding hydrogens is 372 g/mol. The van der Waals surface area contributed by atoms with Gasteiger partial charge in [-0.25, -0.2) is 9.37 Å². The highest BCUT2D eigenvalue weighted by Crippen LogP contribution is 2.38.